The summed E-state index contributed by atoms with van der Waals surface area (Å²) in [5, 5.41) is 21.6. The van der Waals surface area contributed by atoms with Crippen molar-refractivity contribution in [2.75, 3.05) is 0 Å². The van der Waals surface area contributed by atoms with E-state index in [1.165, 1.54) is 11.3 Å². The maximum absolute atomic E-state index is 11.2. The van der Waals surface area contributed by atoms with E-state index in [1.54, 1.807) is 29.7 Å². The number of thioether (sulfide) groups is 1. The van der Waals surface area contributed by atoms with Crippen LogP contribution in [0.15, 0.2) is 29.4 Å². The number of carboxylic acids is 1. The molecule has 0 amide bonds. The van der Waals surface area contributed by atoms with Gasteiger partial charge in [-0.1, -0.05) is 19.9 Å². The van der Waals surface area contributed by atoms with Gasteiger partial charge in [-0.15, -0.1) is 28.2 Å². The maximum Gasteiger partial charge on any atom is 0.347 e. The average Bonchev–Trinajstić information content (AvgIpc) is 3.16. The summed E-state index contributed by atoms with van der Waals surface area (Å²) >= 11 is 2.88. The van der Waals surface area contributed by atoms with Gasteiger partial charge in [0.05, 0.1) is 11.4 Å². The normalized spacial score (nSPS) is 11.2. The number of hydrogen-bond acceptors (Lipinski definition) is 7. The van der Waals surface area contributed by atoms with Gasteiger partial charge in [0.2, 0.25) is 0 Å². The van der Waals surface area contributed by atoms with E-state index in [-0.39, 0.29) is 4.88 Å². The molecule has 0 fully saturated rings. The Bertz CT molecular complexity index is 874. The van der Waals surface area contributed by atoms with Crippen molar-refractivity contribution < 1.29 is 9.90 Å². The molecule has 9 heteroatoms. The number of hydrogen-bond donors (Lipinski definition) is 1. The number of benzene rings is 1. The second-order valence-electron chi connectivity index (χ2n) is 5.34. The quantitative estimate of drug-likeness (QED) is 0.697. The zero-order valence-corrected chi connectivity index (χ0v) is 14.9. The van der Waals surface area contributed by atoms with Crippen LogP contribution in [-0.4, -0.2) is 41.5 Å². The fourth-order valence-corrected chi connectivity index (χ4v) is 4.00. The summed E-state index contributed by atoms with van der Waals surface area (Å²) in [4.78, 5) is 16.9. The van der Waals surface area contributed by atoms with Crippen molar-refractivity contribution in [1.29, 1.82) is 0 Å². The van der Waals surface area contributed by atoms with Crippen molar-refractivity contribution in [3.8, 4) is 16.3 Å². The van der Waals surface area contributed by atoms with Crippen LogP contribution in [0.1, 0.15) is 29.2 Å². The molecular weight excluding hydrogens is 346 g/mol. The van der Waals surface area contributed by atoms with Crippen LogP contribution in [0.5, 0.6) is 0 Å². The van der Waals surface area contributed by atoms with Crippen LogP contribution in [0.3, 0.4) is 0 Å². The van der Waals surface area contributed by atoms with Crippen molar-refractivity contribution in [1.82, 2.24) is 25.2 Å². The van der Waals surface area contributed by atoms with Crippen LogP contribution >= 0.6 is 23.1 Å². The molecule has 3 rings (SSSR count). The minimum Gasteiger partial charge on any atom is -0.477 e. The summed E-state index contributed by atoms with van der Waals surface area (Å²) in [5.74, 6) is -0.955. The van der Waals surface area contributed by atoms with Crippen molar-refractivity contribution in [3.63, 3.8) is 0 Å². The molecule has 0 bridgehead atoms. The molecule has 0 unspecified atom stereocenters. The maximum atomic E-state index is 11.2. The molecule has 0 aliphatic carbocycles. The molecule has 0 saturated carbocycles. The minimum absolute atomic E-state index is 0.259. The first-order valence-electron chi connectivity index (χ1n) is 7.21. The second-order valence-corrected chi connectivity index (χ2v) is 7.96. The Morgan fingerprint density at radius 2 is 2.17 bits per heavy atom. The molecule has 7 nitrogen and oxygen atoms in total. The predicted octanol–water partition coefficient (Wildman–Crippen LogP) is 3.29. The first kappa shape index (κ1) is 16.6. The summed E-state index contributed by atoms with van der Waals surface area (Å²) in [6.45, 7) is 5.94. The van der Waals surface area contributed by atoms with Crippen LogP contribution in [-0.2, 0) is 0 Å². The van der Waals surface area contributed by atoms with E-state index in [0.717, 1.165) is 16.1 Å². The molecule has 0 spiro atoms. The molecule has 2 aromatic heterocycles. The van der Waals surface area contributed by atoms with Gasteiger partial charge in [-0.25, -0.2) is 9.78 Å². The lowest BCUT2D eigenvalue weighted by Gasteiger charge is -2.11. The van der Waals surface area contributed by atoms with Crippen LogP contribution in [0.25, 0.3) is 16.3 Å². The van der Waals surface area contributed by atoms with Crippen molar-refractivity contribution in [2.45, 2.75) is 30.9 Å². The van der Waals surface area contributed by atoms with Crippen LogP contribution in [0, 0.1) is 6.92 Å². The highest BCUT2D eigenvalue weighted by atomic mass is 32.2. The molecule has 24 heavy (non-hydrogen) atoms. The van der Waals surface area contributed by atoms with Crippen molar-refractivity contribution >= 4 is 29.1 Å². The average molecular weight is 361 g/mol. The smallest absolute Gasteiger partial charge is 0.347 e. The molecule has 1 N–H and O–H groups in total. The lowest BCUT2D eigenvalue weighted by molar-refractivity contribution is 0.0701. The Balaban J connectivity index is 2.09. The number of carbonyl (C=O) groups is 1. The van der Waals surface area contributed by atoms with Gasteiger partial charge in [0.15, 0.2) is 0 Å². The summed E-state index contributed by atoms with van der Waals surface area (Å²) < 4.78 is 1.60. The zero-order chi connectivity index (χ0) is 17.3. The lowest BCUT2D eigenvalue weighted by Crippen LogP contribution is -2.00. The highest BCUT2D eigenvalue weighted by molar-refractivity contribution is 8.00. The van der Waals surface area contributed by atoms with Gasteiger partial charge in [0.25, 0.3) is 0 Å². The van der Waals surface area contributed by atoms with Gasteiger partial charge in [0.1, 0.15) is 16.2 Å². The van der Waals surface area contributed by atoms with Crippen LogP contribution in [0.2, 0.25) is 0 Å². The molecule has 3 aromatic rings. The standard InChI is InChI=1S/C15H15N5O2S2/c1-8(2)23-12-5-4-10(6-11(12)20-7-16-18-19-20)14-17-9(3)13(24-14)15(21)22/h4-8H,1-3H3,(H,21,22). The summed E-state index contributed by atoms with van der Waals surface area (Å²) in [5.41, 5.74) is 2.21. The van der Waals surface area contributed by atoms with Gasteiger partial charge < -0.3 is 5.11 Å². The highest BCUT2D eigenvalue weighted by Crippen LogP contribution is 2.34. The van der Waals surface area contributed by atoms with Gasteiger partial charge in [0, 0.05) is 15.7 Å². The summed E-state index contributed by atoms with van der Waals surface area (Å²) in [7, 11) is 0. The number of carboxylic acid groups (broad SMARTS) is 1. The van der Waals surface area contributed by atoms with E-state index >= 15 is 0 Å². The predicted molar refractivity (Wildman–Crippen MR) is 93.0 cm³/mol. The lowest BCUT2D eigenvalue weighted by atomic mass is 10.2. The molecule has 2 heterocycles. The molecule has 0 radical (unpaired) electrons. The van der Waals surface area contributed by atoms with E-state index in [9.17, 15) is 9.90 Å². The molecule has 0 atom stereocenters. The van der Waals surface area contributed by atoms with E-state index in [2.05, 4.69) is 34.4 Å². The Morgan fingerprint density at radius 3 is 2.75 bits per heavy atom. The van der Waals surface area contributed by atoms with Gasteiger partial charge >= 0.3 is 5.97 Å². The van der Waals surface area contributed by atoms with Crippen LogP contribution in [0.4, 0.5) is 0 Å². The molecule has 1 aromatic carbocycles. The van der Waals surface area contributed by atoms with E-state index in [1.807, 2.05) is 18.2 Å². The third kappa shape index (κ3) is 3.31. The SMILES string of the molecule is Cc1nc(-c2ccc(SC(C)C)c(-n3cnnn3)c2)sc1C(=O)O. The van der Waals surface area contributed by atoms with E-state index < -0.39 is 5.97 Å². The molecule has 0 saturated heterocycles. The Kier molecular flexibility index (Phi) is 4.63. The largest absolute Gasteiger partial charge is 0.477 e. The van der Waals surface area contributed by atoms with Crippen molar-refractivity contribution in [2.24, 2.45) is 0 Å². The molecule has 0 aliphatic heterocycles. The van der Waals surface area contributed by atoms with Gasteiger partial charge in [-0.3, -0.25) is 0 Å². The first-order valence-corrected chi connectivity index (χ1v) is 8.90. The van der Waals surface area contributed by atoms with E-state index in [0.29, 0.717) is 16.0 Å². The number of rotatable bonds is 5. The number of aromatic carboxylic acids is 1. The molecule has 0 aliphatic rings. The van der Waals surface area contributed by atoms with E-state index in [4.69, 9.17) is 0 Å². The fourth-order valence-electron chi connectivity index (χ4n) is 2.17. The third-order valence-electron chi connectivity index (χ3n) is 3.16. The molecular formula is C15H15N5O2S2. The number of nitrogens with zero attached hydrogens (tertiary/aromatic N) is 5. The first-order chi connectivity index (χ1) is 11.5. The zero-order valence-electron chi connectivity index (χ0n) is 13.3. The van der Waals surface area contributed by atoms with Gasteiger partial charge in [-0.2, -0.15) is 4.68 Å². The van der Waals surface area contributed by atoms with Gasteiger partial charge in [-0.05, 0) is 29.5 Å². The Labute approximate surface area is 146 Å². The van der Waals surface area contributed by atoms with Crippen LogP contribution < -0.4 is 0 Å². The number of aryl methyl sites for hydroxylation is 1. The summed E-state index contributed by atoms with van der Waals surface area (Å²) in [6.07, 6.45) is 1.54. The monoisotopic (exact) mass is 361 g/mol. The third-order valence-corrected chi connectivity index (χ3v) is 5.42. The number of thiazole rings is 1. The van der Waals surface area contributed by atoms with Crippen molar-refractivity contribution in [3.05, 3.63) is 35.1 Å². The number of tetrazole rings is 1. The Morgan fingerprint density at radius 1 is 1.38 bits per heavy atom. The Hall–Kier alpha value is -2.26. The highest BCUT2D eigenvalue weighted by Gasteiger charge is 2.17. The second kappa shape index (κ2) is 6.70. The summed E-state index contributed by atoms with van der Waals surface area (Å²) in [6, 6.07) is 5.88. The minimum atomic E-state index is -0.955. The number of aromatic nitrogens is 5. The molecule has 124 valence electrons. The fraction of sp³-hybridized carbons (Fsp3) is 0.267. The topological polar surface area (TPSA) is 93.8 Å².